The van der Waals surface area contributed by atoms with E-state index in [1.54, 1.807) is 12.1 Å². The molecular weight excluding hydrogens is 240 g/mol. The predicted molar refractivity (Wildman–Crippen MR) is 73.5 cm³/mol. The summed E-state index contributed by atoms with van der Waals surface area (Å²) >= 11 is 0. The Balaban J connectivity index is 1.68. The predicted octanol–water partition coefficient (Wildman–Crippen LogP) is 1.17. The molecule has 2 aliphatic heterocycles. The second kappa shape index (κ2) is 4.94. The maximum Gasteiger partial charge on any atom is 0.335 e. The van der Waals surface area contributed by atoms with Gasteiger partial charge in [-0.1, -0.05) is 12.1 Å². The SMILES string of the molecule is CN1CC(Cc2ccc(C(=O)O)cc2)C(N2CC2)C1. The van der Waals surface area contributed by atoms with Gasteiger partial charge in [-0.2, -0.15) is 0 Å². The van der Waals surface area contributed by atoms with Gasteiger partial charge in [0, 0.05) is 32.2 Å². The van der Waals surface area contributed by atoms with Gasteiger partial charge in [-0.05, 0) is 37.1 Å². The minimum atomic E-state index is -0.853. The molecule has 0 amide bonds. The summed E-state index contributed by atoms with van der Waals surface area (Å²) in [5, 5.41) is 8.90. The van der Waals surface area contributed by atoms with Gasteiger partial charge in [-0.15, -0.1) is 0 Å². The van der Waals surface area contributed by atoms with E-state index in [-0.39, 0.29) is 0 Å². The highest BCUT2D eigenvalue weighted by Crippen LogP contribution is 2.28. The first-order chi connectivity index (χ1) is 9.13. The number of likely N-dealkylation sites (N-methyl/N-ethyl adjacent to an activating group) is 1. The van der Waals surface area contributed by atoms with Crippen molar-refractivity contribution in [2.75, 3.05) is 33.2 Å². The highest BCUT2D eigenvalue weighted by atomic mass is 16.4. The van der Waals surface area contributed by atoms with Crippen LogP contribution in [0.15, 0.2) is 24.3 Å². The zero-order valence-corrected chi connectivity index (χ0v) is 11.2. The van der Waals surface area contributed by atoms with Crippen LogP contribution in [0.3, 0.4) is 0 Å². The number of nitrogens with zero attached hydrogens (tertiary/aromatic N) is 2. The largest absolute Gasteiger partial charge is 0.478 e. The first-order valence-corrected chi connectivity index (χ1v) is 6.88. The van der Waals surface area contributed by atoms with Crippen LogP contribution in [0.5, 0.6) is 0 Å². The molecule has 2 unspecified atom stereocenters. The lowest BCUT2D eigenvalue weighted by Gasteiger charge is -2.19. The maximum atomic E-state index is 10.8. The zero-order chi connectivity index (χ0) is 13.4. The molecule has 0 aromatic heterocycles. The number of carbonyl (C=O) groups is 1. The Hall–Kier alpha value is -1.39. The molecule has 0 spiro atoms. The van der Waals surface area contributed by atoms with Gasteiger partial charge in [-0.25, -0.2) is 4.79 Å². The van der Waals surface area contributed by atoms with Crippen LogP contribution in [0.2, 0.25) is 0 Å². The van der Waals surface area contributed by atoms with Gasteiger partial charge in [0.1, 0.15) is 0 Å². The molecular formula is C15H20N2O2. The number of benzene rings is 1. The van der Waals surface area contributed by atoms with Gasteiger partial charge in [-0.3, -0.25) is 4.90 Å². The first-order valence-electron chi connectivity index (χ1n) is 6.88. The lowest BCUT2D eigenvalue weighted by atomic mass is 9.94. The maximum absolute atomic E-state index is 10.8. The molecule has 0 aliphatic carbocycles. The Morgan fingerprint density at radius 3 is 2.53 bits per heavy atom. The Morgan fingerprint density at radius 2 is 1.95 bits per heavy atom. The van der Waals surface area contributed by atoms with Crippen LogP contribution in [0.4, 0.5) is 0 Å². The standard InChI is InChI=1S/C15H20N2O2/c1-16-9-13(14(10-16)17-6-7-17)8-11-2-4-12(5-3-11)15(18)19/h2-5,13-14H,6-10H2,1H3,(H,18,19). The van der Waals surface area contributed by atoms with E-state index in [0.717, 1.165) is 19.5 Å². The molecule has 2 fully saturated rings. The average Bonchev–Trinajstić information content (AvgIpc) is 3.15. The highest BCUT2D eigenvalue weighted by molar-refractivity contribution is 5.87. The zero-order valence-electron chi connectivity index (χ0n) is 11.2. The van der Waals surface area contributed by atoms with Gasteiger partial charge in [0.2, 0.25) is 0 Å². The molecule has 0 radical (unpaired) electrons. The van der Waals surface area contributed by atoms with Crippen LogP contribution in [0, 0.1) is 5.92 Å². The van der Waals surface area contributed by atoms with Gasteiger partial charge < -0.3 is 10.0 Å². The van der Waals surface area contributed by atoms with Crippen molar-refractivity contribution >= 4 is 5.97 Å². The summed E-state index contributed by atoms with van der Waals surface area (Å²) < 4.78 is 0. The van der Waals surface area contributed by atoms with Crippen molar-refractivity contribution in [3.05, 3.63) is 35.4 Å². The number of likely N-dealkylation sites (tertiary alicyclic amines) is 1. The Kier molecular flexibility index (Phi) is 3.29. The summed E-state index contributed by atoms with van der Waals surface area (Å²) in [6.07, 6.45) is 1.05. The van der Waals surface area contributed by atoms with Crippen molar-refractivity contribution in [2.24, 2.45) is 5.92 Å². The first kappa shape index (κ1) is 12.6. The second-order valence-electron chi connectivity index (χ2n) is 5.79. The summed E-state index contributed by atoms with van der Waals surface area (Å²) in [6, 6.07) is 8.03. The summed E-state index contributed by atoms with van der Waals surface area (Å²) in [7, 11) is 2.18. The third-order valence-corrected chi connectivity index (χ3v) is 4.24. The number of hydrogen-bond acceptors (Lipinski definition) is 3. The molecule has 0 bridgehead atoms. The quantitative estimate of drug-likeness (QED) is 0.825. The molecule has 4 heteroatoms. The smallest absolute Gasteiger partial charge is 0.335 e. The Bertz CT molecular complexity index is 468. The van der Waals surface area contributed by atoms with Gasteiger partial charge in [0.25, 0.3) is 0 Å². The average molecular weight is 260 g/mol. The van der Waals surface area contributed by atoms with Crippen molar-refractivity contribution in [1.29, 1.82) is 0 Å². The fourth-order valence-electron chi connectivity index (χ4n) is 3.15. The third-order valence-electron chi connectivity index (χ3n) is 4.24. The molecule has 0 saturated carbocycles. The minimum Gasteiger partial charge on any atom is -0.478 e. The molecule has 4 nitrogen and oxygen atoms in total. The second-order valence-corrected chi connectivity index (χ2v) is 5.79. The van der Waals surface area contributed by atoms with E-state index in [1.807, 2.05) is 12.1 Å². The fourth-order valence-corrected chi connectivity index (χ4v) is 3.15. The highest BCUT2D eigenvalue weighted by Gasteiger charge is 2.39. The van der Waals surface area contributed by atoms with Crippen molar-refractivity contribution in [3.8, 4) is 0 Å². The number of carboxylic acids is 1. The molecule has 2 atom stereocenters. The molecule has 1 aromatic rings. The lowest BCUT2D eigenvalue weighted by molar-refractivity contribution is 0.0697. The summed E-state index contributed by atoms with van der Waals surface area (Å²) in [5.74, 6) is -0.183. The van der Waals surface area contributed by atoms with Gasteiger partial charge in [0.15, 0.2) is 0 Å². The van der Waals surface area contributed by atoms with E-state index in [1.165, 1.54) is 18.7 Å². The van der Waals surface area contributed by atoms with Crippen molar-refractivity contribution < 1.29 is 9.90 Å². The Labute approximate surface area is 113 Å². The summed E-state index contributed by atoms with van der Waals surface area (Å²) in [4.78, 5) is 15.8. The Morgan fingerprint density at radius 1 is 1.26 bits per heavy atom. The van der Waals surface area contributed by atoms with Crippen molar-refractivity contribution in [3.63, 3.8) is 0 Å². The topological polar surface area (TPSA) is 43.6 Å². The van der Waals surface area contributed by atoms with Gasteiger partial charge >= 0.3 is 5.97 Å². The molecule has 102 valence electrons. The van der Waals surface area contributed by atoms with E-state index in [4.69, 9.17) is 5.11 Å². The third kappa shape index (κ3) is 2.80. The van der Waals surface area contributed by atoms with Crippen molar-refractivity contribution in [1.82, 2.24) is 9.80 Å². The molecule has 2 aliphatic rings. The normalized spacial score (nSPS) is 27.6. The van der Waals surface area contributed by atoms with Crippen LogP contribution in [-0.2, 0) is 6.42 Å². The number of hydrogen-bond donors (Lipinski definition) is 1. The van der Waals surface area contributed by atoms with Crippen LogP contribution in [0.25, 0.3) is 0 Å². The van der Waals surface area contributed by atoms with Crippen LogP contribution in [0.1, 0.15) is 15.9 Å². The number of aromatic carboxylic acids is 1. The summed E-state index contributed by atoms with van der Waals surface area (Å²) in [6.45, 7) is 4.79. The van der Waals surface area contributed by atoms with E-state index < -0.39 is 5.97 Å². The fraction of sp³-hybridized carbons (Fsp3) is 0.533. The monoisotopic (exact) mass is 260 g/mol. The number of carboxylic acid groups (broad SMARTS) is 1. The molecule has 1 aromatic carbocycles. The van der Waals surface area contributed by atoms with Crippen LogP contribution in [-0.4, -0.2) is 60.1 Å². The molecule has 2 saturated heterocycles. The molecule has 1 N–H and O–H groups in total. The van der Waals surface area contributed by atoms with Crippen LogP contribution >= 0.6 is 0 Å². The molecule has 19 heavy (non-hydrogen) atoms. The van der Waals surface area contributed by atoms with Crippen molar-refractivity contribution in [2.45, 2.75) is 12.5 Å². The van der Waals surface area contributed by atoms with E-state index in [9.17, 15) is 4.79 Å². The van der Waals surface area contributed by atoms with E-state index in [0.29, 0.717) is 17.5 Å². The molecule has 2 heterocycles. The minimum absolute atomic E-state index is 0.370. The summed E-state index contributed by atoms with van der Waals surface area (Å²) in [5.41, 5.74) is 1.62. The van der Waals surface area contributed by atoms with Gasteiger partial charge in [0.05, 0.1) is 5.56 Å². The lowest BCUT2D eigenvalue weighted by Crippen LogP contribution is -2.29. The van der Waals surface area contributed by atoms with E-state index in [2.05, 4.69) is 16.8 Å². The van der Waals surface area contributed by atoms with E-state index >= 15 is 0 Å². The van der Waals surface area contributed by atoms with Crippen LogP contribution < -0.4 is 0 Å². The number of rotatable bonds is 4. The molecule has 3 rings (SSSR count).